The summed E-state index contributed by atoms with van der Waals surface area (Å²) in [6, 6.07) is 8.39. The average molecular weight is 375 g/mol. The number of aromatic nitrogens is 4. The first-order valence-corrected chi connectivity index (χ1v) is 10.2. The zero-order valence-corrected chi connectivity index (χ0v) is 16.4. The van der Waals surface area contributed by atoms with Crippen molar-refractivity contribution in [1.82, 2.24) is 24.6 Å². The second-order valence-electron chi connectivity index (χ2n) is 8.27. The maximum Gasteiger partial charge on any atom is 0.255 e. The second kappa shape index (κ2) is 6.69. The highest BCUT2D eigenvalue weighted by atomic mass is 16.2. The minimum Gasteiger partial charge on any atom is -0.330 e. The standard InChI is InChI=1S/C22H25N5O/c1-14(2)27-21-19(12-24-27)18(11-20(25-21)15-6-7-15)22(28)26(17-8-9-17)13-16-5-3-4-10-23-16/h3-5,10-12,14-15,17H,6-9,13H2,1-2H3. The van der Waals surface area contributed by atoms with Crippen molar-refractivity contribution in [2.75, 3.05) is 0 Å². The van der Waals surface area contributed by atoms with E-state index in [1.807, 2.05) is 33.8 Å². The minimum absolute atomic E-state index is 0.0748. The van der Waals surface area contributed by atoms with Crippen LogP contribution in [-0.2, 0) is 6.54 Å². The van der Waals surface area contributed by atoms with E-state index < -0.39 is 0 Å². The third kappa shape index (κ3) is 3.17. The van der Waals surface area contributed by atoms with Gasteiger partial charge in [0.05, 0.1) is 29.4 Å². The van der Waals surface area contributed by atoms with Gasteiger partial charge in [0.1, 0.15) is 0 Å². The number of rotatable bonds is 6. The first-order chi connectivity index (χ1) is 13.6. The molecule has 0 aromatic carbocycles. The number of nitrogens with zero attached hydrogens (tertiary/aromatic N) is 5. The summed E-state index contributed by atoms with van der Waals surface area (Å²) < 4.78 is 1.93. The molecule has 3 heterocycles. The first-order valence-electron chi connectivity index (χ1n) is 10.2. The summed E-state index contributed by atoms with van der Waals surface area (Å²) in [4.78, 5) is 24.9. The first kappa shape index (κ1) is 17.3. The summed E-state index contributed by atoms with van der Waals surface area (Å²) in [6.07, 6.45) is 8.02. The molecule has 0 unspecified atom stereocenters. The Morgan fingerprint density at radius 1 is 1.25 bits per heavy atom. The fourth-order valence-corrected chi connectivity index (χ4v) is 3.75. The van der Waals surface area contributed by atoms with E-state index in [9.17, 15) is 4.79 Å². The maximum atomic E-state index is 13.7. The van der Waals surface area contributed by atoms with Crippen molar-refractivity contribution in [2.24, 2.45) is 0 Å². The van der Waals surface area contributed by atoms with Gasteiger partial charge in [0.2, 0.25) is 0 Å². The lowest BCUT2D eigenvalue weighted by Gasteiger charge is -2.23. The Morgan fingerprint density at radius 3 is 2.71 bits per heavy atom. The molecule has 0 saturated heterocycles. The summed E-state index contributed by atoms with van der Waals surface area (Å²) in [5, 5.41) is 5.39. The Bertz CT molecular complexity index is 1020. The molecule has 0 atom stereocenters. The Balaban J connectivity index is 1.57. The molecule has 6 heteroatoms. The lowest BCUT2D eigenvalue weighted by Crippen LogP contribution is -2.33. The van der Waals surface area contributed by atoms with E-state index in [0.29, 0.717) is 18.5 Å². The molecule has 2 aliphatic carbocycles. The van der Waals surface area contributed by atoms with Crippen LogP contribution in [0.15, 0.2) is 36.7 Å². The molecule has 2 fully saturated rings. The van der Waals surface area contributed by atoms with E-state index in [0.717, 1.165) is 53.7 Å². The smallest absolute Gasteiger partial charge is 0.255 e. The molecular weight excluding hydrogens is 350 g/mol. The van der Waals surface area contributed by atoms with E-state index in [1.165, 1.54) is 0 Å². The zero-order valence-electron chi connectivity index (χ0n) is 16.4. The second-order valence-corrected chi connectivity index (χ2v) is 8.27. The third-order valence-electron chi connectivity index (χ3n) is 5.61. The molecule has 6 nitrogen and oxygen atoms in total. The van der Waals surface area contributed by atoms with Gasteiger partial charge in [-0.15, -0.1) is 0 Å². The Morgan fingerprint density at radius 2 is 2.07 bits per heavy atom. The van der Waals surface area contributed by atoms with Crippen molar-refractivity contribution >= 4 is 16.9 Å². The molecule has 0 aliphatic heterocycles. The summed E-state index contributed by atoms with van der Waals surface area (Å²) in [6.45, 7) is 4.74. The predicted octanol–water partition coefficient (Wildman–Crippen LogP) is 4.09. The van der Waals surface area contributed by atoms with Crippen LogP contribution in [-0.4, -0.2) is 36.6 Å². The molecule has 0 spiro atoms. The maximum absolute atomic E-state index is 13.7. The number of amides is 1. The molecule has 0 N–H and O–H groups in total. The third-order valence-corrected chi connectivity index (χ3v) is 5.61. The van der Waals surface area contributed by atoms with Crippen molar-refractivity contribution in [2.45, 2.75) is 64.1 Å². The average Bonchev–Trinajstić information content (AvgIpc) is 3.62. The van der Waals surface area contributed by atoms with Gasteiger partial charge in [-0.2, -0.15) is 5.10 Å². The van der Waals surface area contributed by atoms with Crippen molar-refractivity contribution in [1.29, 1.82) is 0 Å². The molecule has 144 valence electrons. The van der Waals surface area contributed by atoms with Crippen LogP contribution in [0, 0.1) is 0 Å². The fraction of sp³-hybridized carbons (Fsp3) is 0.455. The van der Waals surface area contributed by atoms with Crippen LogP contribution in [0.5, 0.6) is 0 Å². The number of carbonyl (C=O) groups excluding carboxylic acids is 1. The van der Waals surface area contributed by atoms with E-state index in [-0.39, 0.29) is 11.9 Å². The summed E-state index contributed by atoms with van der Waals surface area (Å²) in [5.41, 5.74) is 3.53. The van der Waals surface area contributed by atoms with Gasteiger partial charge in [0.15, 0.2) is 5.65 Å². The van der Waals surface area contributed by atoms with Crippen LogP contribution in [0.1, 0.15) is 73.2 Å². The topological polar surface area (TPSA) is 63.9 Å². The fourth-order valence-electron chi connectivity index (χ4n) is 3.75. The van der Waals surface area contributed by atoms with Gasteiger partial charge >= 0.3 is 0 Å². The molecule has 2 saturated carbocycles. The molecule has 3 aromatic heterocycles. The van der Waals surface area contributed by atoms with Crippen molar-refractivity contribution < 1.29 is 4.79 Å². The molecule has 1 amide bonds. The Hall–Kier alpha value is -2.76. The SMILES string of the molecule is CC(C)n1ncc2c(C(=O)N(Cc3ccccn3)C3CC3)cc(C3CC3)nc21. The summed E-state index contributed by atoms with van der Waals surface area (Å²) >= 11 is 0. The lowest BCUT2D eigenvalue weighted by molar-refractivity contribution is 0.0729. The van der Waals surface area contributed by atoms with Crippen LogP contribution < -0.4 is 0 Å². The Kier molecular flexibility index (Phi) is 4.14. The quantitative estimate of drug-likeness (QED) is 0.651. The Labute approximate surface area is 164 Å². The van der Waals surface area contributed by atoms with Crippen LogP contribution in [0.2, 0.25) is 0 Å². The highest BCUT2D eigenvalue weighted by Gasteiger charge is 2.35. The van der Waals surface area contributed by atoms with Crippen molar-refractivity contribution in [3.8, 4) is 0 Å². The van der Waals surface area contributed by atoms with E-state index >= 15 is 0 Å². The van der Waals surface area contributed by atoms with Crippen LogP contribution in [0.3, 0.4) is 0 Å². The van der Waals surface area contributed by atoms with Gasteiger partial charge in [-0.3, -0.25) is 9.78 Å². The van der Waals surface area contributed by atoms with Gasteiger partial charge in [-0.05, 0) is 57.7 Å². The van der Waals surface area contributed by atoms with Crippen molar-refractivity contribution in [3.05, 3.63) is 53.6 Å². The molecule has 28 heavy (non-hydrogen) atoms. The van der Waals surface area contributed by atoms with Gasteiger partial charge in [0.25, 0.3) is 5.91 Å². The van der Waals surface area contributed by atoms with Gasteiger partial charge in [-0.1, -0.05) is 6.07 Å². The molecule has 0 radical (unpaired) electrons. The van der Waals surface area contributed by atoms with Gasteiger partial charge in [-0.25, -0.2) is 9.67 Å². The summed E-state index contributed by atoms with van der Waals surface area (Å²) in [7, 11) is 0. The van der Waals surface area contributed by atoms with Crippen molar-refractivity contribution in [3.63, 3.8) is 0 Å². The van der Waals surface area contributed by atoms with E-state index in [1.54, 1.807) is 12.4 Å². The van der Waals surface area contributed by atoms with Crippen LogP contribution in [0.25, 0.3) is 11.0 Å². The van der Waals surface area contributed by atoms with Gasteiger partial charge < -0.3 is 4.90 Å². The summed E-state index contributed by atoms with van der Waals surface area (Å²) in [5.74, 6) is 0.558. The monoisotopic (exact) mass is 375 g/mol. The largest absolute Gasteiger partial charge is 0.330 e. The highest BCUT2D eigenvalue weighted by Crippen LogP contribution is 2.41. The van der Waals surface area contributed by atoms with E-state index in [4.69, 9.17) is 4.98 Å². The number of hydrogen-bond donors (Lipinski definition) is 0. The highest BCUT2D eigenvalue weighted by molar-refractivity contribution is 6.05. The molecule has 2 aliphatic rings. The van der Waals surface area contributed by atoms with Crippen LogP contribution >= 0.6 is 0 Å². The number of hydrogen-bond acceptors (Lipinski definition) is 4. The van der Waals surface area contributed by atoms with Gasteiger partial charge in [0, 0.05) is 29.9 Å². The normalized spacial score (nSPS) is 16.7. The molecule has 5 rings (SSSR count). The lowest BCUT2D eigenvalue weighted by atomic mass is 10.1. The van der Waals surface area contributed by atoms with Crippen LogP contribution in [0.4, 0.5) is 0 Å². The number of carbonyl (C=O) groups is 1. The minimum atomic E-state index is 0.0748. The molecule has 0 bridgehead atoms. The number of pyridine rings is 2. The molecule has 3 aromatic rings. The van der Waals surface area contributed by atoms with E-state index in [2.05, 4.69) is 23.9 Å². The zero-order chi connectivity index (χ0) is 19.3. The predicted molar refractivity (Wildman–Crippen MR) is 107 cm³/mol. The molecular formula is C22H25N5O. The number of fused-ring (bicyclic) bond motifs is 1.